The minimum absolute atomic E-state index is 0.00495. The van der Waals surface area contributed by atoms with Crippen molar-refractivity contribution in [3.05, 3.63) is 65.7 Å². The lowest BCUT2D eigenvalue weighted by Gasteiger charge is -2.40. The van der Waals surface area contributed by atoms with Crippen LogP contribution in [0.5, 0.6) is 0 Å². The van der Waals surface area contributed by atoms with Crippen LogP contribution in [0.3, 0.4) is 0 Å². The minimum atomic E-state index is -1.14. The number of ether oxygens (including phenoxy) is 1. The first-order valence-electron chi connectivity index (χ1n) is 14.9. The predicted octanol–water partition coefficient (Wildman–Crippen LogP) is 4.46. The Hall–Kier alpha value is -4.41. The van der Waals surface area contributed by atoms with Gasteiger partial charge in [0.1, 0.15) is 11.6 Å². The zero-order chi connectivity index (χ0) is 32.2. The largest absolute Gasteiger partial charge is 0.478 e. The highest BCUT2D eigenvalue weighted by Gasteiger charge is 2.52. The fourth-order valence-electron chi connectivity index (χ4n) is 6.06. The van der Waals surface area contributed by atoms with Gasteiger partial charge in [-0.25, -0.2) is 14.4 Å². The average molecular weight is 607 g/mol. The van der Waals surface area contributed by atoms with Crippen molar-refractivity contribution >= 4 is 35.5 Å². The number of nitrogens with one attached hydrogen (secondary N) is 2. The minimum Gasteiger partial charge on any atom is -0.478 e. The number of aromatic carboxylic acids is 1. The second-order valence-electron chi connectivity index (χ2n) is 13.3. The number of anilines is 1. The molecule has 2 aromatic carbocycles. The third-order valence-electron chi connectivity index (χ3n) is 7.90. The monoisotopic (exact) mass is 606 g/mol. The maximum absolute atomic E-state index is 14.2. The van der Waals surface area contributed by atoms with E-state index < -0.39 is 54.0 Å². The standard InChI is InChI=1S/C33H42N4O7/c1-32(2,3)44-30(42)25-18-24(28(39)36-16-10-15-33(4,5)20-36)27(21-11-7-6-8-12-21)37(25)26(38)19-34-31(43)35-23-14-9-13-22(17-23)29(40)41/h6-9,11-14,17,24-25,27H,10,15-16,18-20H2,1-5H3,(H,40,41)(H2,34,35,43). The van der Waals surface area contributed by atoms with Crippen molar-refractivity contribution in [3.63, 3.8) is 0 Å². The van der Waals surface area contributed by atoms with Crippen molar-refractivity contribution in [2.45, 2.75) is 71.6 Å². The molecule has 0 radical (unpaired) electrons. The zero-order valence-electron chi connectivity index (χ0n) is 26.0. The number of esters is 1. The number of carboxylic acid groups (broad SMARTS) is 1. The summed E-state index contributed by atoms with van der Waals surface area (Å²) in [5.74, 6) is -3.12. The Bertz CT molecular complexity index is 1400. The SMILES string of the molecule is CC1(C)CCCN(C(=O)C2CC(C(=O)OC(C)(C)C)N(C(=O)CNC(=O)Nc3cccc(C(=O)O)c3)C2c2ccccc2)C1. The van der Waals surface area contributed by atoms with Gasteiger partial charge in [-0.05, 0) is 69.2 Å². The molecule has 2 fully saturated rings. The van der Waals surface area contributed by atoms with Crippen molar-refractivity contribution in [3.8, 4) is 0 Å². The van der Waals surface area contributed by atoms with E-state index in [1.807, 2.05) is 35.2 Å². The predicted molar refractivity (Wildman–Crippen MR) is 164 cm³/mol. The van der Waals surface area contributed by atoms with Crippen LogP contribution in [0.4, 0.5) is 10.5 Å². The topological polar surface area (TPSA) is 145 Å². The number of carbonyl (C=O) groups is 5. The molecule has 11 heteroatoms. The molecule has 0 spiro atoms. The molecule has 2 aliphatic rings. The van der Waals surface area contributed by atoms with E-state index in [0.717, 1.165) is 12.8 Å². The normalized spacial score (nSPS) is 21.3. The maximum atomic E-state index is 14.2. The Morgan fingerprint density at radius 1 is 1.02 bits per heavy atom. The first-order chi connectivity index (χ1) is 20.6. The highest BCUT2D eigenvalue weighted by atomic mass is 16.6. The molecule has 11 nitrogen and oxygen atoms in total. The van der Waals surface area contributed by atoms with Crippen LogP contribution in [0.2, 0.25) is 0 Å². The number of carbonyl (C=O) groups excluding carboxylic acids is 4. The Balaban J connectivity index is 1.62. The number of hydrogen-bond acceptors (Lipinski definition) is 6. The van der Waals surface area contributed by atoms with Crippen LogP contribution in [0.1, 0.15) is 75.8 Å². The van der Waals surface area contributed by atoms with Crippen molar-refractivity contribution in [1.82, 2.24) is 15.1 Å². The summed E-state index contributed by atoms with van der Waals surface area (Å²) in [4.78, 5) is 68.9. The van der Waals surface area contributed by atoms with Gasteiger partial charge in [0.15, 0.2) is 0 Å². The van der Waals surface area contributed by atoms with E-state index in [2.05, 4.69) is 24.5 Å². The molecule has 4 rings (SSSR count). The fourth-order valence-corrected chi connectivity index (χ4v) is 6.06. The Morgan fingerprint density at radius 3 is 2.36 bits per heavy atom. The van der Waals surface area contributed by atoms with Gasteiger partial charge in [0.25, 0.3) is 0 Å². The van der Waals surface area contributed by atoms with Gasteiger partial charge < -0.3 is 30.3 Å². The fraction of sp³-hybridized carbons (Fsp3) is 0.485. The summed E-state index contributed by atoms with van der Waals surface area (Å²) in [6, 6.07) is 12.3. The van der Waals surface area contributed by atoms with Crippen LogP contribution < -0.4 is 10.6 Å². The van der Waals surface area contributed by atoms with E-state index in [4.69, 9.17) is 4.74 Å². The van der Waals surface area contributed by atoms with Crippen LogP contribution in [0.25, 0.3) is 0 Å². The van der Waals surface area contributed by atoms with E-state index in [1.54, 1.807) is 20.8 Å². The molecule has 0 saturated carbocycles. The molecule has 2 aromatic rings. The van der Waals surface area contributed by atoms with Gasteiger partial charge in [0.05, 0.1) is 24.1 Å². The lowest BCUT2D eigenvalue weighted by Crippen LogP contribution is -2.49. The highest BCUT2D eigenvalue weighted by Crippen LogP contribution is 2.44. The number of urea groups is 1. The van der Waals surface area contributed by atoms with Crippen molar-refractivity contribution in [2.75, 3.05) is 25.0 Å². The summed E-state index contributed by atoms with van der Waals surface area (Å²) in [6.45, 7) is 10.2. The van der Waals surface area contributed by atoms with Crippen molar-refractivity contribution < 1.29 is 33.8 Å². The molecule has 0 aliphatic carbocycles. The molecule has 236 valence electrons. The van der Waals surface area contributed by atoms with Gasteiger partial charge in [-0.3, -0.25) is 9.59 Å². The summed E-state index contributed by atoms with van der Waals surface area (Å²) < 4.78 is 5.72. The van der Waals surface area contributed by atoms with Crippen LogP contribution in [0, 0.1) is 11.3 Å². The molecule has 4 amide bonds. The zero-order valence-corrected chi connectivity index (χ0v) is 26.0. The van der Waals surface area contributed by atoms with Gasteiger partial charge in [-0.2, -0.15) is 0 Å². The average Bonchev–Trinajstić information content (AvgIpc) is 3.36. The van der Waals surface area contributed by atoms with E-state index in [0.29, 0.717) is 18.7 Å². The first-order valence-corrected chi connectivity index (χ1v) is 14.9. The molecular weight excluding hydrogens is 564 g/mol. The smallest absolute Gasteiger partial charge is 0.335 e. The summed E-state index contributed by atoms with van der Waals surface area (Å²) in [5.41, 5.74) is 0.0669. The number of benzene rings is 2. The molecule has 0 bridgehead atoms. The third-order valence-corrected chi connectivity index (χ3v) is 7.90. The van der Waals surface area contributed by atoms with Crippen LogP contribution >= 0.6 is 0 Å². The second kappa shape index (κ2) is 13.1. The van der Waals surface area contributed by atoms with Gasteiger partial charge >= 0.3 is 18.0 Å². The van der Waals surface area contributed by atoms with E-state index in [-0.39, 0.29) is 29.0 Å². The lowest BCUT2D eigenvalue weighted by molar-refractivity contribution is -0.164. The number of nitrogens with zero attached hydrogens (tertiary/aromatic N) is 2. The summed E-state index contributed by atoms with van der Waals surface area (Å²) in [5, 5.41) is 14.3. The molecular formula is C33H42N4O7. The number of hydrogen-bond donors (Lipinski definition) is 3. The molecule has 2 heterocycles. The van der Waals surface area contributed by atoms with Crippen molar-refractivity contribution in [2.24, 2.45) is 11.3 Å². The van der Waals surface area contributed by atoms with E-state index in [9.17, 15) is 29.1 Å². The summed E-state index contributed by atoms with van der Waals surface area (Å²) >= 11 is 0. The number of rotatable bonds is 7. The molecule has 0 aromatic heterocycles. The quantitative estimate of drug-likeness (QED) is 0.395. The first kappa shape index (κ1) is 32.5. The van der Waals surface area contributed by atoms with Gasteiger partial charge in [0, 0.05) is 18.8 Å². The van der Waals surface area contributed by atoms with Crippen LogP contribution in [0.15, 0.2) is 54.6 Å². The van der Waals surface area contributed by atoms with Gasteiger partial charge in [-0.1, -0.05) is 50.2 Å². The molecule has 2 aliphatic heterocycles. The number of likely N-dealkylation sites (tertiary alicyclic amines) is 2. The second-order valence-corrected chi connectivity index (χ2v) is 13.3. The van der Waals surface area contributed by atoms with E-state index in [1.165, 1.54) is 29.2 Å². The number of carboxylic acids is 1. The molecule has 3 unspecified atom stereocenters. The highest BCUT2D eigenvalue weighted by molar-refractivity contribution is 5.96. The molecule has 3 atom stereocenters. The third kappa shape index (κ3) is 7.94. The lowest BCUT2D eigenvalue weighted by atomic mass is 9.83. The number of piperidine rings is 1. The van der Waals surface area contributed by atoms with Gasteiger partial charge in [-0.15, -0.1) is 0 Å². The summed E-state index contributed by atoms with van der Waals surface area (Å²) in [6.07, 6.45) is 1.96. The summed E-state index contributed by atoms with van der Waals surface area (Å²) in [7, 11) is 0. The van der Waals surface area contributed by atoms with Crippen LogP contribution in [-0.4, -0.2) is 76.0 Å². The molecule has 2 saturated heterocycles. The van der Waals surface area contributed by atoms with Crippen molar-refractivity contribution in [1.29, 1.82) is 0 Å². The Morgan fingerprint density at radius 2 is 1.73 bits per heavy atom. The Labute approximate surface area is 257 Å². The van der Waals surface area contributed by atoms with Gasteiger partial charge in [0.2, 0.25) is 11.8 Å². The molecule has 3 N–H and O–H groups in total. The Kier molecular flexibility index (Phi) is 9.66. The number of amides is 4. The van der Waals surface area contributed by atoms with Crippen LogP contribution in [-0.2, 0) is 19.1 Å². The van der Waals surface area contributed by atoms with E-state index >= 15 is 0 Å². The maximum Gasteiger partial charge on any atom is 0.335 e. The molecule has 44 heavy (non-hydrogen) atoms.